The molecule has 1 N–H and O–H groups in total. The van der Waals surface area contributed by atoms with E-state index < -0.39 is 11.6 Å². The summed E-state index contributed by atoms with van der Waals surface area (Å²) in [6, 6.07) is 3.71. The van der Waals surface area contributed by atoms with Crippen LogP contribution >= 0.6 is 0 Å². The van der Waals surface area contributed by atoms with Gasteiger partial charge in [-0.2, -0.15) is 0 Å². The Balaban J connectivity index is 2.17. The zero-order valence-electron chi connectivity index (χ0n) is 11.0. The highest BCUT2D eigenvalue weighted by Crippen LogP contribution is 2.23. The first-order chi connectivity index (χ1) is 8.99. The molecule has 1 unspecified atom stereocenters. The third kappa shape index (κ3) is 3.08. The van der Waals surface area contributed by atoms with Crippen LogP contribution in [0.15, 0.2) is 18.2 Å². The summed E-state index contributed by atoms with van der Waals surface area (Å²) in [6.07, 6.45) is -0.387. The quantitative estimate of drug-likeness (QED) is 0.884. The molecule has 1 aliphatic rings. The minimum Gasteiger partial charge on any atom is -0.321 e. The normalized spacial score (nSPS) is 19.5. The number of halogens is 2. The van der Waals surface area contributed by atoms with E-state index in [0.29, 0.717) is 18.7 Å². The van der Waals surface area contributed by atoms with Crippen molar-refractivity contribution in [3.05, 3.63) is 35.4 Å². The van der Waals surface area contributed by atoms with Crippen LogP contribution in [-0.4, -0.2) is 49.4 Å². The molecule has 0 radical (unpaired) electrons. The van der Waals surface area contributed by atoms with Crippen LogP contribution in [0.1, 0.15) is 11.7 Å². The Bertz CT molecular complexity index is 479. The van der Waals surface area contributed by atoms with Crippen LogP contribution in [0, 0.1) is 11.6 Å². The molecule has 1 heterocycles. The fourth-order valence-electron chi connectivity index (χ4n) is 2.08. The van der Waals surface area contributed by atoms with Crippen molar-refractivity contribution >= 4 is 5.91 Å². The molecule has 1 aliphatic heterocycles. The van der Waals surface area contributed by atoms with Crippen LogP contribution < -0.4 is 5.32 Å². The van der Waals surface area contributed by atoms with Crippen molar-refractivity contribution in [3.63, 3.8) is 0 Å². The number of nitrogens with zero attached hydrogens (tertiary/aromatic N) is 2. The predicted molar refractivity (Wildman–Crippen MR) is 67.4 cm³/mol. The van der Waals surface area contributed by atoms with E-state index in [9.17, 15) is 13.6 Å². The number of nitrogens with one attached hydrogen (secondary N) is 1. The fraction of sp³-hybridized carbons (Fsp3) is 0.462. The minimum atomic E-state index is -0.897. The molecule has 1 saturated heterocycles. The zero-order chi connectivity index (χ0) is 14.0. The molecule has 0 aliphatic carbocycles. The summed E-state index contributed by atoms with van der Waals surface area (Å²) in [7, 11) is 3.83. The molecule has 1 amide bonds. The lowest BCUT2D eigenvalue weighted by Gasteiger charge is -2.26. The molecule has 4 nitrogen and oxygen atoms in total. The lowest BCUT2D eigenvalue weighted by Crippen LogP contribution is -2.36. The average molecular weight is 269 g/mol. The van der Waals surface area contributed by atoms with Crippen LogP contribution in [0.25, 0.3) is 0 Å². The van der Waals surface area contributed by atoms with Gasteiger partial charge in [-0.05, 0) is 31.8 Å². The van der Waals surface area contributed by atoms with Gasteiger partial charge in [-0.1, -0.05) is 6.07 Å². The summed E-state index contributed by atoms with van der Waals surface area (Å²) in [5.74, 6) is -1.81. The molecular weight excluding hydrogens is 252 g/mol. The summed E-state index contributed by atoms with van der Waals surface area (Å²) in [4.78, 5) is 15.4. The first-order valence-electron chi connectivity index (χ1n) is 6.11. The van der Waals surface area contributed by atoms with Gasteiger partial charge < -0.3 is 9.80 Å². The second-order valence-electron chi connectivity index (χ2n) is 4.85. The molecule has 1 aromatic rings. The zero-order valence-corrected chi connectivity index (χ0v) is 11.0. The third-order valence-electron chi connectivity index (χ3n) is 3.13. The van der Waals surface area contributed by atoms with Crippen LogP contribution in [0.5, 0.6) is 0 Å². The average Bonchev–Trinajstić information content (AvgIpc) is 2.71. The Labute approximate surface area is 111 Å². The first-order valence-corrected chi connectivity index (χ1v) is 6.11. The molecule has 0 bridgehead atoms. The molecule has 0 aromatic heterocycles. The lowest BCUT2D eigenvalue weighted by atomic mass is 10.1. The second-order valence-corrected chi connectivity index (χ2v) is 4.85. The summed E-state index contributed by atoms with van der Waals surface area (Å²) >= 11 is 0. The maximum atomic E-state index is 13.3. The van der Waals surface area contributed by atoms with E-state index in [1.165, 1.54) is 6.07 Å². The topological polar surface area (TPSA) is 35.6 Å². The minimum absolute atomic E-state index is 0.0309. The van der Waals surface area contributed by atoms with Gasteiger partial charge in [0, 0.05) is 13.1 Å². The van der Waals surface area contributed by atoms with Crippen molar-refractivity contribution in [2.45, 2.75) is 6.17 Å². The molecule has 0 spiro atoms. The van der Waals surface area contributed by atoms with Gasteiger partial charge >= 0.3 is 0 Å². The van der Waals surface area contributed by atoms with Gasteiger partial charge in [0.15, 0.2) is 11.6 Å². The van der Waals surface area contributed by atoms with E-state index >= 15 is 0 Å². The van der Waals surface area contributed by atoms with Crippen molar-refractivity contribution in [2.75, 3.05) is 33.7 Å². The number of likely N-dealkylation sites (N-methyl/N-ethyl adjacent to an activating group) is 1. The highest BCUT2D eigenvalue weighted by atomic mass is 19.2. The second kappa shape index (κ2) is 5.63. The number of amides is 1. The molecule has 6 heteroatoms. The number of carbonyl (C=O) groups is 1. The molecular formula is C13H17F2N3O. The van der Waals surface area contributed by atoms with Gasteiger partial charge in [0.05, 0.1) is 6.54 Å². The maximum Gasteiger partial charge on any atom is 0.238 e. The smallest absolute Gasteiger partial charge is 0.238 e. The van der Waals surface area contributed by atoms with Gasteiger partial charge in [0.25, 0.3) is 0 Å². The van der Waals surface area contributed by atoms with Gasteiger partial charge in [0.2, 0.25) is 5.91 Å². The van der Waals surface area contributed by atoms with Crippen LogP contribution in [0.2, 0.25) is 0 Å². The van der Waals surface area contributed by atoms with E-state index in [4.69, 9.17) is 0 Å². The number of rotatable bonds is 4. The molecule has 1 atom stereocenters. The first kappa shape index (κ1) is 13.9. The van der Waals surface area contributed by atoms with Crippen molar-refractivity contribution in [2.24, 2.45) is 0 Å². The lowest BCUT2D eigenvalue weighted by molar-refractivity contribution is -0.128. The van der Waals surface area contributed by atoms with Gasteiger partial charge in [-0.3, -0.25) is 10.1 Å². The number of hydrogen-bond donors (Lipinski definition) is 1. The number of benzene rings is 1. The van der Waals surface area contributed by atoms with Gasteiger partial charge in [0.1, 0.15) is 6.17 Å². The molecule has 19 heavy (non-hydrogen) atoms. The van der Waals surface area contributed by atoms with Crippen LogP contribution in [0.4, 0.5) is 8.78 Å². The Morgan fingerprint density at radius 1 is 1.37 bits per heavy atom. The Kier molecular flexibility index (Phi) is 4.11. The summed E-state index contributed by atoms with van der Waals surface area (Å²) in [5, 5.41) is 3.01. The molecule has 0 saturated carbocycles. The summed E-state index contributed by atoms with van der Waals surface area (Å²) in [5.41, 5.74) is 0.559. The number of hydrogen-bond acceptors (Lipinski definition) is 3. The SMILES string of the molecule is CN(C)CCN1C(=O)CNC1c1ccc(F)c(F)c1. The van der Waals surface area contributed by atoms with E-state index in [-0.39, 0.29) is 18.6 Å². The maximum absolute atomic E-state index is 13.3. The van der Waals surface area contributed by atoms with Crippen molar-refractivity contribution in [1.82, 2.24) is 15.1 Å². The highest BCUT2D eigenvalue weighted by Gasteiger charge is 2.31. The third-order valence-corrected chi connectivity index (χ3v) is 3.13. The highest BCUT2D eigenvalue weighted by molar-refractivity contribution is 5.80. The Morgan fingerprint density at radius 3 is 2.74 bits per heavy atom. The predicted octanol–water partition coefficient (Wildman–Crippen LogP) is 0.957. The van der Waals surface area contributed by atoms with E-state index in [2.05, 4.69) is 5.32 Å². The summed E-state index contributed by atoms with van der Waals surface area (Å²) in [6.45, 7) is 1.48. The molecule has 2 rings (SSSR count). The number of carbonyl (C=O) groups excluding carboxylic acids is 1. The Morgan fingerprint density at radius 2 is 2.11 bits per heavy atom. The van der Waals surface area contributed by atoms with Crippen LogP contribution in [-0.2, 0) is 4.79 Å². The van der Waals surface area contributed by atoms with Crippen molar-refractivity contribution in [3.8, 4) is 0 Å². The summed E-state index contributed by atoms with van der Waals surface area (Å²) < 4.78 is 26.2. The van der Waals surface area contributed by atoms with Gasteiger partial charge in [-0.25, -0.2) is 8.78 Å². The Hall–Kier alpha value is -1.53. The molecule has 104 valence electrons. The molecule has 1 fully saturated rings. The van der Waals surface area contributed by atoms with Crippen molar-refractivity contribution < 1.29 is 13.6 Å². The van der Waals surface area contributed by atoms with E-state index in [0.717, 1.165) is 12.1 Å². The van der Waals surface area contributed by atoms with E-state index in [1.54, 1.807) is 4.90 Å². The fourth-order valence-corrected chi connectivity index (χ4v) is 2.08. The van der Waals surface area contributed by atoms with E-state index in [1.807, 2.05) is 19.0 Å². The standard InChI is InChI=1S/C13H17F2N3O/c1-17(2)5-6-18-12(19)8-16-13(18)9-3-4-10(14)11(15)7-9/h3-4,7,13,16H,5-6,8H2,1-2H3. The van der Waals surface area contributed by atoms with Gasteiger partial charge in [-0.15, -0.1) is 0 Å². The largest absolute Gasteiger partial charge is 0.321 e. The van der Waals surface area contributed by atoms with Crippen molar-refractivity contribution in [1.29, 1.82) is 0 Å². The monoisotopic (exact) mass is 269 g/mol. The molecule has 1 aromatic carbocycles. The van der Waals surface area contributed by atoms with Crippen LogP contribution in [0.3, 0.4) is 0 Å².